The summed E-state index contributed by atoms with van der Waals surface area (Å²) in [5.74, 6) is 0.829. The molecule has 0 bridgehead atoms. The molecule has 0 saturated heterocycles. The standard InChI is InChI=1S/C16H34N2O/c1-15(2)13-16(7-4-5-8-16)14-18-10-6-9-17-11-12-19-3/h15,17-18H,4-14H2,1-3H3. The van der Waals surface area contributed by atoms with Gasteiger partial charge in [0.05, 0.1) is 6.61 Å². The molecule has 0 aromatic heterocycles. The molecular formula is C16H34N2O. The van der Waals surface area contributed by atoms with Crippen molar-refractivity contribution in [3.8, 4) is 0 Å². The monoisotopic (exact) mass is 270 g/mol. The number of hydrogen-bond donors (Lipinski definition) is 2. The summed E-state index contributed by atoms with van der Waals surface area (Å²) in [6.45, 7) is 9.95. The van der Waals surface area contributed by atoms with Gasteiger partial charge in [0.1, 0.15) is 0 Å². The first-order chi connectivity index (χ1) is 9.18. The van der Waals surface area contributed by atoms with Crippen LogP contribution >= 0.6 is 0 Å². The van der Waals surface area contributed by atoms with E-state index in [1.54, 1.807) is 7.11 Å². The number of ether oxygens (including phenoxy) is 1. The van der Waals surface area contributed by atoms with Crippen molar-refractivity contribution in [2.75, 3.05) is 39.9 Å². The zero-order valence-electron chi connectivity index (χ0n) is 13.3. The number of methoxy groups -OCH3 is 1. The van der Waals surface area contributed by atoms with Gasteiger partial charge in [0, 0.05) is 20.2 Å². The van der Waals surface area contributed by atoms with E-state index in [4.69, 9.17) is 4.74 Å². The lowest BCUT2D eigenvalue weighted by molar-refractivity contribution is 0.199. The van der Waals surface area contributed by atoms with Crippen molar-refractivity contribution < 1.29 is 4.74 Å². The van der Waals surface area contributed by atoms with Crippen molar-refractivity contribution in [2.45, 2.75) is 52.4 Å². The van der Waals surface area contributed by atoms with Gasteiger partial charge < -0.3 is 15.4 Å². The minimum absolute atomic E-state index is 0.609. The average Bonchev–Trinajstić information content (AvgIpc) is 2.80. The Morgan fingerprint density at radius 3 is 2.37 bits per heavy atom. The summed E-state index contributed by atoms with van der Waals surface area (Å²) in [6.07, 6.45) is 8.35. The molecule has 0 atom stereocenters. The van der Waals surface area contributed by atoms with Gasteiger partial charge in [0.15, 0.2) is 0 Å². The Bertz CT molecular complexity index is 213. The Labute approximate surface area is 119 Å². The first-order valence-corrected chi connectivity index (χ1v) is 8.09. The van der Waals surface area contributed by atoms with Crippen LogP contribution in [-0.4, -0.2) is 39.9 Å². The van der Waals surface area contributed by atoms with Gasteiger partial charge in [-0.1, -0.05) is 26.7 Å². The predicted molar refractivity (Wildman–Crippen MR) is 82.6 cm³/mol. The molecule has 0 aromatic carbocycles. The molecule has 1 aliphatic rings. The van der Waals surface area contributed by atoms with Gasteiger partial charge in [0.2, 0.25) is 0 Å². The van der Waals surface area contributed by atoms with Crippen LogP contribution in [0.5, 0.6) is 0 Å². The third-order valence-corrected chi connectivity index (χ3v) is 4.20. The maximum absolute atomic E-state index is 5.01. The quantitative estimate of drug-likeness (QED) is 0.566. The molecule has 114 valence electrons. The largest absolute Gasteiger partial charge is 0.383 e. The van der Waals surface area contributed by atoms with Crippen molar-refractivity contribution in [3.63, 3.8) is 0 Å². The number of nitrogens with one attached hydrogen (secondary N) is 2. The van der Waals surface area contributed by atoms with E-state index in [0.717, 1.165) is 32.2 Å². The van der Waals surface area contributed by atoms with E-state index in [9.17, 15) is 0 Å². The van der Waals surface area contributed by atoms with Crippen LogP contribution in [0.4, 0.5) is 0 Å². The summed E-state index contributed by atoms with van der Waals surface area (Å²) in [6, 6.07) is 0. The minimum Gasteiger partial charge on any atom is -0.383 e. The van der Waals surface area contributed by atoms with Gasteiger partial charge in [-0.25, -0.2) is 0 Å². The Balaban J connectivity index is 2.05. The molecule has 1 fully saturated rings. The van der Waals surface area contributed by atoms with Gasteiger partial charge in [0.25, 0.3) is 0 Å². The molecule has 0 radical (unpaired) electrons. The van der Waals surface area contributed by atoms with Crippen molar-refractivity contribution in [2.24, 2.45) is 11.3 Å². The molecule has 1 aliphatic carbocycles. The molecule has 0 unspecified atom stereocenters. The summed E-state index contributed by atoms with van der Waals surface area (Å²) < 4.78 is 5.01. The van der Waals surface area contributed by atoms with Gasteiger partial charge in [-0.05, 0) is 50.1 Å². The molecule has 1 saturated carbocycles. The fourth-order valence-electron chi connectivity index (χ4n) is 3.44. The highest BCUT2D eigenvalue weighted by Crippen LogP contribution is 2.42. The smallest absolute Gasteiger partial charge is 0.0587 e. The number of rotatable bonds is 11. The van der Waals surface area contributed by atoms with Crippen molar-refractivity contribution in [3.05, 3.63) is 0 Å². The van der Waals surface area contributed by atoms with E-state index in [-0.39, 0.29) is 0 Å². The lowest BCUT2D eigenvalue weighted by Gasteiger charge is -2.31. The Morgan fingerprint density at radius 2 is 1.74 bits per heavy atom. The van der Waals surface area contributed by atoms with E-state index in [0.29, 0.717) is 5.41 Å². The molecule has 0 heterocycles. The second kappa shape index (κ2) is 9.73. The summed E-state index contributed by atoms with van der Waals surface area (Å²) in [4.78, 5) is 0. The summed E-state index contributed by atoms with van der Waals surface area (Å²) in [5, 5.41) is 7.08. The molecule has 0 aromatic rings. The van der Waals surface area contributed by atoms with Crippen LogP contribution in [-0.2, 0) is 4.74 Å². The fourth-order valence-corrected chi connectivity index (χ4v) is 3.44. The summed E-state index contributed by atoms with van der Waals surface area (Å²) in [7, 11) is 1.75. The molecule has 19 heavy (non-hydrogen) atoms. The average molecular weight is 270 g/mol. The van der Waals surface area contributed by atoms with Crippen LogP contribution in [0.1, 0.15) is 52.4 Å². The topological polar surface area (TPSA) is 33.3 Å². The van der Waals surface area contributed by atoms with Gasteiger partial charge in [-0.2, -0.15) is 0 Å². The lowest BCUT2D eigenvalue weighted by atomic mass is 9.78. The Morgan fingerprint density at radius 1 is 1.05 bits per heavy atom. The van der Waals surface area contributed by atoms with Crippen LogP contribution < -0.4 is 10.6 Å². The lowest BCUT2D eigenvalue weighted by Crippen LogP contribution is -2.34. The highest BCUT2D eigenvalue weighted by atomic mass is 16.5. The fraction of sp³-hybridized carbons (Fsp3) is 1.00. The third-order valence-electron chi connectivity index (χ3n) is 4.20. The molecule has 2 N–H and O–H groups in total. The van der Waals surface area contributed by atoms with E-state index in [2.05, 4.69) is 24.5 Å². The van der Waals surface area contributed by atoms with Crippen molar-refractivity contribution in [1.29, 1.82) is 0 Å². The Hall–Kier alpha value is -0.120. The van der Waals surface area contributed by atoms with Gasteiger partial charge in [-0.15, -0.1) is 0 Å². The molecule has 0 amide bonds. The molecule has 0 aliphatic heterocycles. The van der Waals surface area contributed by atoms with Gasteiger partial charge in [-0.3, -0.25) is 0 Å². The van der Waals surface area contributed by atoms with Crippen molar-refractivity contribution in [1.82, 2.24) is 10.6 Å². The second-order valence-corrected chi connectivity index (χ2v) is 6.58. The minimum atomic E-state index is 0.609. The molecule has 1 rings (SSSR count). The normalized spacial score (nSPS) is 18.3. The van der Waals surface area contributed by atoms with E-state index < -0.39 is 0 Å². The van der Waals surface area contributed by atoms with Crippen LogP contribution in [0.25, 0.3) is 0 Å². The van der Waals surface area contributed by atoms with Crippen LogP contribution in [0.15, 0.2) is 0 Å². The van der Waals surface area contributed by atoms with Crippen molar-refractivity contribution >= 4 is 0 Å². The highest BCUT2D eigenvalue weighted by Gasteiger charge is 2.33. The number of hydrogen-bond acceptors (Lipinski definition) is 3. The van der Waals surface area contributed by atoms with Crippen LogP contribution in [0.3, 0.4) is 0 Å². The Kier molecular flexibility index (Phi) is 8.67. The summed E-state index contributed by atoms with van der Waals surface area (Å²) >= 11 is 0. The van der Waals surface area contributed by atoms with Gasteiger partial charge >= 0.3 is 0 Å². The maximum Gasteiger partial charge on any atom is 0.0587 e. The molecule has 3 heteroatoms. The first-order valence-electron chi connectivity index (χ1n) is 8.09. The van der Waals surface area contributed by atoms with Crippen LogP contribution in [0, 0.1) is 11.3 Å². The predicted octanol–water partition coefficient (Wildman–Crippen LogP) is 2.81. The maximum atomic E-state index is 5.01. The van der Waals surface area contributed by atoms with E-state index in [1.807, 2.05) is 0 Å². The molecule has 0 spiro atoms. The van der Waals surface area contributed by atoms with E-state index in [1.165, 1.54) is 45.1 Å². The zero-order valence-corrected chi connectivity index (χ0v) is 13.3. The van der Waals surface area contributed by atoms with Crippen LogP contribution in [0.2, 0.25) is 0 Å². The third kappa shape index (κ3) is 7.28. The SMILES string of the molecule is COCCNCCCNCC1(CC(C)C)CCCC1. The zero-order chi connectivity index (χ0) is 14.0. The second-order valence-electron chi connectivity index (χ2n) is 6.58. The summed E-state index contributed by atoms with van der Waals surface area (Å²) in [5.41, 5.74) is 0.609. The van der Waals surface area contributed by atoms with E-state index >= 15 is 0 Å². The highest BCUT2D eigenvalue weighted by molar-refractivity contribution is 4.87. The first kappa shape index (κ1) is 16.9. The molecule has 3 nitrogen and oxygen atoms in total. The molecular weight excluding hydrogens is 236 g/mol.